The summed E-state index contributed by atoms with van der Waals surface area (Å²) in [6.07, 6.45) is 2.49. The number of hydrogen-bond donors (Lipinski definition) is 3. The van der Waals surface area contributed by atoms with Crippen LogP contribution >= 0.6 is 0 Å². The van der Waals surface area contributed by atoms with Crippen LogP contribution in [0.5, 0.6) is 0 Å². The van der Waals surface area contributed by atoms with E-state index < -0.39 is 11.5 Å². The van der Waals surface area contributed by atoms with Crippen molar-refractivity contribution in [3.05, 3.63) is 33.9 Å². The van der Waals surface area contributed by atoms with Gasteiger partial charge in [0.25, 0.3) is 11.5 Å². The Labute approximate surface area is 214 Å². The summed E-state index contributed by atoms with van der Waals surface area (Å²) in [6.45, 7) is 9.87. The first-order chi connectivity index (χ1) is 17.6. The highest BCUT2D eigenvalue weighted by atomic mass is 16.6. The van der Waals surface area contributed by atoms with Crippen LogP contribution < -0.4 is 16.4 Å². The van der Waals surface area contributed by atoms with E-state index in [4.69, 9.17) is 9.47 Å². The van der Waals surface area contributed by atoms with Gasteiger partial charge in [-0.1, -0.05) is 0 Å². The molecule has 13 nitrogen and oxygen atoms in total. The molecule has 0 spiro atoms. The minimum absolute atomic E-state index is 0.0285. The van der Waals surface area contributed by atoms with Crippen LogP contribution in [-0.4, -0.2) is 93.8 Å². The Morgan fingerprint density at radius 1 is 1.14 bits per heavy atom. The van der Waals surface area contributed by atoms with E-state index in [-0.39, 0.29) is 41.1 Å². The maximum Gasteiger partial charge on any atom is 0.410 e. The fourth-order valence-electron chi connectivity index (χ4n) is 4.49. The Hall–Kier alpha value is -3.45. The fraction of sp³-hybridized carbons (Fsp3) is 0.625. The van der Waals surface area contributed by atoms with Gasteiger partial charge in [0.1, 0.15) is 16.8 Å². The summed E-state index contributed by atoms with van der Waals surface area (Å²) >= 11 is 0. The smallest absolute Gasteiger partial charge is 0.410 e. The van der Waals surface area contributed by atoms with Gasteiger partial charge in [-0.25, -0.2) is 9.31 Å². The molecule has 202 valence electrons. The third-order valence-electron chi connectivity index (χ3n) is 6.42. The summed E-state index contributed by atoms with van der Waals surface area (Å²) in [7, 11) is 0. The first kappa shape index (κ1) is 26.6. The van der Waals surface area contributed by atoms with Crippen LogP contribution in [0.25, 0.3) is 5.65 Å². The maximum atomic E-state index is 12.8. The highest BCUT2D eigenvalue weighted by Crippen LogP contribution is 2.28. The van der Waals surface area contributed by atoms with Crippen LogP contribution in [0.2, 0.25) is 0 Å². The fourth-order valence-corrected chi connectivity index (χ4v) is 4.49. The number of hydrogen-bond acceptors (Lipinski definition) is 8. The largest absolute Gasteiger partial charge is 0.444 e. The van der Waals surface area contributed by atoms with Crippen molar-refractivity contribution in [2.45, 2.75) is 51.6 Å². The van der Waals surface area contributed by atoms with Crippen molar-refractivity contribution in [3.63, 3.8) is 0 Å². The van der Waals surface area contributed by atoms with E-state index in [1.165, 1.54) is 12.3 Å². The normalized spacial score (nSPS) is 17.5. The van der Waals surface area contributed by atoms with Crippen LogP contribution in [-0.2, 0) is 14.3 Å². The first-order valence-corrected chi connectivity index (χ1v) is 12.6. The standard InChI is InChI=1S/C24H35N7O6/c1-24(2,3)37-23(35)30-8-4-16(5-9-30)18-14-20(33)26-21-17(15-25-31(18)21)22(34)28-27-19(32)6-7-29-10-12-36-13-11-29/h14-16H,4-13H2,1-3H3,(H,26,33)(H,27,32)(H,28,34). The second-order valence-corrected chi connectivity index (χ2v) is 10.3. The van der Waals surface area contributed by atoms with Gasteiger partial charge in [0, 0.05) is 51.1 Å². The Balaban J connectivity index is 1.37. The first-order valence-electron chi connectivity index (χ1n) is 12.6. The number of hydrazine groups is 1. The zero-order chi connectivity index (χ0) is 26.6. The number of nitrogens with one attached hydrogen (secondary N) is 3. The molecule has 3 N–H and O–H groups in total. The molecule has 0 saturated carbocycles. The number of piperidine rings is 1. The van der Waals surface area contributed by atoms with Crippen LogP contribution in [0.3, 0.4) is 0 Å². The zero-order valence-corrected chi connectivity index (χ0v) is 21.5. The van der Waals surface area contributed by atoms with E-state index in [2.05, 4.69) is 25.8 Å². The minimum Gasteiger partial charge on any atom is -0.444 e. The number of morpholine rings is 1. The van der Waals surface area contributed by atoms with Crippen molar-refractivity contribution >= 4 is 23.6 Å². The van der Waals surface area contributed by atoms with Crippen molar-refractivity contribution in [1.29, 1.82) is 0 Å². The molecule has 0 atom stereocenters. The number of carbonyl (C=O) groups excluding carboxylic acids is 3. The van der Waals surface area contributed by atoms with Gasteiger partial charge >= 0.3 is 6.09 Å². The number of fused-ring (bicyclic) bond motifs is 1. The number of amides is 3. The molecule has 2 saturated heterocycles. The van der Waals surface area contributed by atoms with E-state index in [0.29, 0.717) is 51.4 Å². The summed E-state index contributed by atoms with van der Waals surface area (Å²) in [5, 5.41) is 4.33. The van der Waals surface area contributed by atoms with Crippen molar-refractivity contribution in [2.24, 2.45) is 0 Å². The Morgan fingerprint density at radius 2 is 1.84 bits per heavy atom. The molecule has 0 unspecified atom stereocenters. The SMILES string of the molecule is CC(C)(C)OC(=O)N1CCC(c2cc(=O)[nH]c3c(C(=O)NNC(=O)CCN4CCOCC4)cnn23)CC1. The Kier molecular flexibility index (Phi) is 8.13. The number of carbonyl (C=O) groups is 3. The number of H-pyrrole nitrogens is 1. The lowest BCUT2D eigenvalue weighted by molar-refractivity contribution is -0.122. The molecule has 13 heteroatoms. The minimum atomic E-state index is -0.581. The topological polar surface area (TPSA) is 150 Å². The van der Waals surface area contributed by atoms with Gasteiger partial charge in [-0.15, -0.1) is 0 Å². The third kappa shape index (κ3) is 6.86. The molecule has 0 radical (unpaired) electrons. The van der Waals surface area contributed by atoms with Gasteiger partial charge in [0.15, 0.2) is 0 Å². The number of ether oxygens (including phenoxy) is 2. The summed E-state index contributed by atoms with van der Waals surface area (Å²) in [4.78, 5) is 56.3. The summed E-state index contributed by atoms with van der Waals surface area (Å²) in [5.41, 5.74) is 4.95. The molecule has 37 heavy (non-hydrogen) atoms. The molecule has 2 aromatic heterocycles. The highest BCUT2D eigenvalue weighted by Gasteiger charge is 2.29. The molecule has 0 bridgehead atoms. The van der Waals surface area contributed by atoms with Gasteiger partial charge in [0.2, 0.25) is 5.91 Å². The highest BCUT2D eigenvalue weighted by molar-refractivity contribution is 6.00. The molecule has 4 heterocycles. The summed E-state index contributed by atoms with van der Waals surface area (Å²) < 4.78 is 12.3. The van der Waals surface area contributed by atoms with Crippen molar-refractivity contribution < 1.29 is 23.9 Å². The van der Waals surface area contributed by atoms with E-state index in [1.807, 2.05) is 20.8 Å². The lowest BCUT2D eigenvalue weighted by Gasteiger charge is -2.33. The monoisotopic (exact) mass is 517 g/mol. The van der Waals surface area contributed by atoms with Gasteiger partial charge < -0.3 is 19.4 Å². The molecule has 2 aromatic rings. The number of aromatic nitrogens is 3. The van der Waals surface area contributed by atoms with Crippen LogP contribution in [0.1, 0.15) is 62.0 Å². The quantitative estimate of drug-likeness (QED) is 0.489. The number of likely N-dealkylation sites (tertiary alicyclic amines) is 1. The predicted octanol–water partition coefficient (Wildman–Crippen LogP) is 0.620. The van der Waals surface area contributed by atoms with Gasteiger partial charge in [-0.3, -0.25) is 30.1 Å². The van der Waals surface area contributed by atoms with E-state index in [9.17, 15) is 19.2 Å². The van der Waals surface area contributed by atoms with Crippen LogP contribution in [0, 0.1) is 0 Å². The molecule has 2 fully saturated rings. The Bertz CT molecular complexity index is 1190. The molecule has 2 aliphatic heterocycles. The molecular formula is C24H35N7O6. The average Bonchev–Trinajstić information content (AvgIpc) is 3.29. The average molecular weight is 518 g/mol. The number of nitrogens with zero attached hydrogens (tertiary/aromatic N) is 4. The van der Waals surface area contributed by atoms with Gasteiger partial charge in [-0.2, -0.15) is 5.10 Å². The second-order valence-electron chi connectivity index (χ2n) is 10.3. The number of rotatable bonds is 5. The molecule has 0 aromatic carbocycles. The second kappa shape index (κ2) is 11.3. The van der Waals surface area contributed by atoms with E-state index in [0.717, 1.165) is 13.1 Å². The molecule has 4 rings (SSSR count). The van der Waals surface area contributed by atoms with Crippen LogP contribution in [0.15, 0.2) is 17.1 Å². The lowest BCUT2D eigenvalue weighted by Crippen LogP contribution is -2.44. The van der Waals surface area contributed by atoms with E-state index in [1.54, 1.807) is 9.42 Å². The molecular weight excluding hydrogens is 482 g/mol. The number of aromatic amines is 1. The predicted molar refractivity (Wildman–Crippen MR) is 133 cm³/mol. The van der Waals surface area contributed by atoms with Gasteiger partial charge in [-0.05, 0) is 33.6 Å². The van der Waals surface area contributed by atoms with Crippen LogP contribution in [0.4, 0.5) is 4.79 Å². The van der Waals surface area contributed by atoms with Crippen molar-refractivity contribution in [2.75, 3.05) is 45.9 Å². The van der Waals surface area contributed by atoms with Crippen molar-refractivity contribution in [1.82, 2.24) is 35.2 Å². The summed E-state index contributed by atoms with van der Waals surface area (Å²) in [6, 6.07) is 1.48. The molecule has 3 amide bonds. The zero-order valence-electron chi connectivity index (χ0n) is 21.5. The third-order valence-corrected chi connectivity index (χ3v) is 6.42. The van der Waals surface area contributed by atoms with Crippen molar-refractivity contribution in [3.8, 4) is 0 Å². The summed E-state index contributed by atoms with van der Waals surface area (Å²) in [5.74, 6) is -0.927. The maximum absolute atomic E-state index is 12.8. The van der Waals surface area contributed by atoms with E-state index >= 15 is 0 Å². The molecule has 2 aliphatic rings. The molecule has 0 aliphatic carbocycles. The Morgan fingerprint density at radius 3 is 2.51 bits per heavy atom. The lowest BCUT2D eigenvalue weighted by atomic mass is 9.93. The van der Waals surface area contributed by atoms with Gasteiger partial charge in [0.05, 0.1) is 25.1 Å².